The lowest BCUT2D eigenvalue weighted by atomic mass is 9.86. The third-order valence-electron chi connectivity index (χ3n) is 6.20. The highest BCUT2D eigenvalue weighted by Gasteiger charge is 2.51. The zero-order valence-corrected chi connectivity index (χ0v) is 21.1. The van der Waals surface area contributed by atoms with Crippen molar-refractivity contribution < 1.29 is 47.6 Å². The first-order chi connectivity index (χ1) is 16.8. The van der Waals surface area contributed by atoms with Crippen molar-refractivity contribution in [2.75, 3.05) is 6.61 Å². The van der Waals surface area contributed by atoms with Gasteiger partial charge in [-0.15, -0.1) is 0 Å². The predicted molar refractivity (Wildman–Crippen MR) is 124 cm³/mol. The molecule has 0 radical (unpaired) electrons. The summed E-state index contributed by atoms with van der Waals surface area (Å²) in [5, 5.41) is 11.5. The van der Waals surface area contributed by atoms with Gasteiger partial charge in [-0.1, -0.05) is 24.3 Å². The Hall–Kier alpha value is -3.40. The number of rotatable bonds is 5. The fraction of sp³-hybridized carbons (Fsp3) is 0.538. The highest BCUT2D eigenvalue weighted by atomic mass is 16.6. The zero-order chi connectivity index (χ0) is 26.8. The summed E-state index contributed by atoms with van der Waals surface area (Å²) in [4.78, 5) is 49.3. The Morgan fingerprint density at radius 2 is 1.83 bits per heavy atom. The van der Waals surface area contributed by atoms with E-state index in [1.54, 1.807) is 26.0 Å². The summed E-state index contributed by atoms with van der Waals surface area (Å²) < 4.78 is 27.6. The van der Waals surface area contributed by atoms with Crippen LogP contribution in [-0.2, 0) is 39.8 Å². The van der Waals surface area contributed by atoms with Crippen molar-refractivity contribution in [1.82, 2.24) is 0 Å². The first-order valence-corrected chi connectivity index (χ1v) is 11.7. The smallest absolute Gasteiger partial charge is 0.341 e. The van der Waals surface area contributed by atoms with Gasteiger partial charge in [0.15, 0.2) is 12.2 Å². The molecule has 6 atom stereocenters. The van der Waals surface area contributed by atoms with Crippen LogP contribution in [0.4, 0.5) is 0 Å². The van der Waals surface area contributed by atoms with Gasteiger partial charge in [0.1, 0.15) is 34.7 Å². The minimum atomic E-state index is -1.85. The van der Waals surface area contributed by atoms with Gasteiger partial charge in [-0.05, 0) is 26.8 Å². The fourth-order valence-corrected chi connectivity index (χ4v) is 4.49. The molecule has 1 fully saturated rings. The van der Waals surface area contributed by atoms with E-state index in [2.05, 4.69) is 6.58 Å². The van der Waals surface area contributed by atoms with E-state index in [0.717, 1.165) is 0 Å². The molecule has 4 bridgehead atoms. The van der Waals surface area contributed by atoms with E-state index >= 15 is 0 Å². The van der Waals surface area contributed by atoms with Gasteiger partial charge in [0.05, 0.1) is 6.61 Å². The van der Waals surface area contributed by atoms with Gasteiger partial charge in [-0.2, -0.15) is 0 Å². The summed E-state index contributed by atoms with van der Waals surface area (Å²) in [5.41, 5.74) is -1.01. The van der Waals surface area contributed by atoms with E-state index in [1.165, 1.54) is 26.8 Å². The summed E-state index contributed by atoms with van der Waals surface area (Å²) in [6.45, 7) is 11.4. The average molecular weight is 505 g/mol. The number of furan rings is 1. The fourth-order valence-electron chi connectivity index (χ4n) is 4.49. The SMILES string of the molecule is C=C(C)[C@@H]1/C=C/[C@H]2C(=O)O[C@@H](C[C@@](C)(O)[C@@H](OC(C)=O)c3cc(C(=O)OCC)c(o3)C1)[C@@H]2OC(C)=O. The molecule has 36 heavy (non-hydrogen) atoms. The van der Waals surface area contributed by atoms with Crippen LogP contribution in [0, 0.1) is 11.8 Å². The Bertz CT molecular complexity index is 1080. The number of hydrogen-bond acceptors (Lipinski definition) is 10. The van der Waals surface area contributed by atoms with Gasteiger partial charge < -0.3 is 28.5 Å². The molecule has 10 nitrogen and oxygen atoms in total. The zero-order valence-electron chi connectivity index (χ0n) is 21.1. The first-order valence-electron chi connectivity index (χ1n) is 11.7. The molecule has 2 aliphatic heterocycles. The van der Waals surface area contributed by atoms with Crippen molar-refractivity contribution in [1.29, 1.82) is 0 Å². The van der Waals surface area contributed by atoms with E-state index in [-0.39, 0.29) is 42.5 Å². The van der Waals surface area contributed by atoms with Crippen molar-refractivity contribution in [3.63, 3.8) is 0 Å². The minimum Gasteiger partial charge on any atom is -0.462 e. The lowest BCUT2D eigenvalue weighted by Crippen LogP contribution is -2.42. The Labute approximate surface area is 209 Å². The van der Waals surface area contributed by atoms with Crippen molar-refractivity contribution in [3.8, 4) is 0 Å². The van der Waals surface area contributed by atoms with Crippen molar-refractivity contribution in [3.05, 3.63) is 47.5 Å². The Morgan fingerprint density at radius 3 is 2.42 bits per heavy atom. The summed E-state index contributed by atoms with van der Waals surface area (Å²) in [6.07, 6.45) is -0.199. The molecule has 0 spiro atoms. The Morgan fingerprint density at radius 1 is 1.17 bits per heavy atom. The predicted octanol–water partition coefficient (Wildman–Crippen LogP) is 2.98. The molecule has 3 rings (SSSR count). The molecule has 196 valence electrons. The van der Waals surface area contributed by atoms with Gasteiger partial charge >= 0.3 is 23.9 Å². The maximum atomic E-state index is 12.8. The molecule has 0 aromatic carbocycles. The summed E-state index contributed by atoms with van der Waals surface area (Å²) >= 11 is 0. The largest absolute Gasteiger partial charge is 0.462 e. The molecule has 0 saturated carbocycles. The molecule has 1 N–H and O–H groups in total. The molecule has 3 heterocycles. The molecule has 1 saturated heterocycles. The third-order valence-corrected chi connectivity index (χ3v) is 6.20. The van der Waals surface area contributed by atoms with Crippen LogP contribution >= 0.6 is 0 Å². The van der Waals surface area contributed by atoms with Crippen LogP contribution in [0.1, 0.15) is 69.0 Å². The van der Waals surface area contributed by atoms with Crippen LogP contribution < -0.4 is 0 Å². The van der Waals surface area contributed by atoms with Crippen LogP contribution in [0.3, 0.4) is 0 Å². The van der Waals surface area contributed by atoms with Gasteiger partial charge in [-0.25, -0.2) is 4.79 Å². The summed E-state index contributed by atoms with van der Waals surface area (Å²) in [5.74, 6) is -3.62. The Balaban J connectivity index is 2.20. The average Bonchev–Trinajstić information content (AvgIpc) is 3.29. The van der Waals surface area contributed by atoms with Crippen LogP contribution in [0.5, 0.6) is 0 Å². The van der Waals surface area contributed by atoms with Crippen molar-refractivity contribution in [2.45, 2.75) is 71.4 Å². The normalized spacial score (nSPS) is 30.6. The second-order valence-electron chi connectivity index (χ2n) is 9.37. The molecular weight excluding hydrogens is 472 g/mol. The highest BCUT2D eigenvalue weighted by Crippen LogP contribution is 2.41. The molecule has 1 aromatic rings. The summed E-state index contributed by atoms with van der Waals surface area (Å²) in [6, 6.07) is 1.38. The number of allylic oxidation sites excluding steroid dienone is 2. The number of fused-ring (bicyclic) bond motifs is 4. The summed E-state index contributed by atoms with van der Waals surface area (Å²) in [7, 11) is 0. The topological polar surface area (TPSA) is 139 Å². The maximum absolute atomic E-state index is 12.8. The molecule has 10 heteroatoms. The molecular formula is C26H32O10. The Kier molecular flexibility index (Phi) is 8.08. The quantitative estimate of drug-likeness (QED) is 0.362. The molecule has 2 aliphatic rings. The van der Waals surface area contributed by atoms with Crippen LogP contribution in [0.15, 0.2) is 34.8 Å². The second-order valence-corrected chi connectivity index (χ2v) is 9.37. The minimum absolute atomic E-state index is 0.0156. The maximum Gasteiger partial charge on any atom is 0.341 e. The van der Waals surface area contributed by atoms with E-state index in [4.69, 9.17) is 23.4 Å². The van der Waals surface area contributed by atoms with Crippen molar-refractivity contribution in [2.24, 2.45) is 11.8 Å². The number of ether oxygens (including phenoxy) is 4. The monoisotopic (exact) mass is 504 g/mol. The molecule has 0 aliphatic carbocycles. The first kappa shape index (κ1) is 27.2. The number of hydrogen-bond donors (Lipinski definition) is 1. The van der Waals surface area contributed by atoms with Crippen molar-refractivity contribution >= 4 is 23.9 Å². The highest BCUT2D eigenvalue weighted by molar-refractivity contribution is 5.90. The van der Waals surface area contributed by atoms with E-state index in [9.17, 15) is 24.3 Å². The van der Waals surface area contributed by atoms with Gasteiger partial charge in [0.25, 0.3) is 0 Å². The van der Waals surface area contributed by atoms with Gasteiger partial charge in [0, 0.05) is 32.6 Å². The molecule has 0 amide bonds. The molecule has 0 unspecified atom stereocenters. The standard InChI is InChI=1S/C26H32O10/c1-7-32-24(29)18-11-20-23(34-15(5)28)26(6,31)12-21-22(33-14(4)27)17(25(30)36-21)9-8-16(13(2)3)10-19(18)35-20/h8-9,11,16-17,21-23,31H,2,7,10,12H2,1,3-6H3/b9-8+/t16-,17-,21+,22-,23+,26-/m1/s1. The number of carbonyl (C=O) groups is 4. The van der Waals surface area contributed by atoms with E-state index in [1.807, 2.05) is 0 Å². The van der Waals surface area contributed by atoms with Crippen LogP contribution in [0.2, 0.25) is 0 Å². The lowest BCUT2D eigenvalue weighted by molar-refractivity contribution is -0.174. The van der Waals surface area contributed by atoms with E-state index in [0.29, 0.717) is 5.57 Å². The van der Waals surface area contributed by atoms with Crippen LogP contribution in [-0.4, -0.2) is 53.4 Å². The number of esters is 4. The molecule has 1 aromatic heterocycles. The lowest BCUT2D eigenvalue weighted by Gasteiger charge is -2.33. The third kappa shape index (κ3) is 5.87. The van der Waals surface area contributed by atoms with E-state index < -0.39 is 53.7 Å². The second kappa shape index (κ2) is 10.7. The number of aliphatic hydroxyl groups is 1. The van der Waals surface area contributed by atoms with Gasteiger partial charge in [-0.3, -0.25) is 14.4 Å². The number of carbonyl (C=O) groups excluding carboxylic acids is 4. The van der Waals surface area contributed by atoms with Gasteiger partial charge in [0.2, 0.25) is 0 Å². The van der Waals surface area contributed by atoms with Crippen LogP contribution in [0.25, 0.3) is 0 Å².